The molecule has 0 aliphatic rings. The molecule has 0 radical (unpaired) electrons. The lowest BCUT2D eigenvalue weighted by Crippen LogP contribution is -2.40. The molecule has 2 rings (SSSR count). The van der Waals surface area contributed by atoms with Gasteiger partial charge < -0.3 is 15.4 Å². The lowest BCUT2D eigenvalue weighted by Gasteiger charge is -2.15. The summed E-state index contributed by atoms with van der Waals surface area (Å²) >= 11 is 3.35. The second-order valence-corrected chi connectivity index (χ2v) is 6.35. The minimum atomic E-state index is -0.812. The topological polar surface area (TPSA) is 67.4 Å². The lowest BCUT2D eigenvalue weighted by atomic mass is 10.2. The molecule has 2 aromatic carbocycles. The lowest BCUT2D eigenvalue weighted by molar-refractivity contribution is -0.129. The van der Waals surface area contributed by atoms with Gasteiger partial charge in [0.15, 0.2) is 6.10 Å². The van der Waals surface area contributed by atoms with Crippen LogP contribution in [0.15, 0.2) is 46.9 Å². The maximum atomic E-state index is 12.8. The first-order chi connectivity index (χ1) is 11.8. The normalized spacial score (nSPS) is 11.5. The third-order valence-corrected chi connectivity index (χ3v) is 3.87. The summed E-state index contributed by atoms with van der Waals surface area (Å²) in [6.07, 6.45) is -0.812. The Hall–Kier alpha value is -2.41. The van der Waals surface area contributed by atoms with Gasteiger partial charge in [0.1, 0.15) is 11.6 Å². The Kier molecular flexibility index (Phi) is 6.52. The van der Waals surface area contributed by atoms with Crippen LogP contribution in [0.1, 0.15) is 12.5 Å². The van der Waals surface area contributed by atoms with E-state index in [2.05, 4.69) is 26.6 Å². The maximum absolute atomic E-state index is 12.8. The molecule has 0 aliphatic carbocycles. The van der Waals surface area contributed by atoms with E-state index in [-0.39, 0.29) is 18.3 Å². The molecule has 0 bridgehead atoms. The summed E-state index contributed by atoms with van der Waals surface area (Å²) in [7, 11) is 0. The van der Waals surface area contributed by atoms with Crippen LogP contribution in [0.4, 0.5) is 10.1 Å². The van der Waals surface area contributed by atoms with Crippen molar-refractivity contribution in [1.29, 1.82) is 0 Å². The fourth-order valence-electron chi connectivity index (χ4n) is 2.04. The summed E-state index contributed by atoms with van der Waals surface area (Å²) < 4.78 is 19.2. The Labute approximate surface area is 153 Å². The van der Waals surface area contributed by atoms with Crippen LogP contribution < -0.4 is 15.4 Å². The van der Waals surface area contributed by atoms with Gasteiger partial charge in [-0.3, -0.25) is 9.59 Å². The molecule has 0 aliphatic heterocycles. The molecule has 1 atom stereocenters. The number of halogens is 2. The molecular formula is C18H18BrFN2O3. The number of ether oxygens (including phenoxy) is 1. The van der Waals surface area contributed by atoms with Crippen LogP contribution in [0.5, 0.6) is 5.75 Å². The van der Waals surface area contributed by atoms with E-state index in [4.69, 9.17) is 4.74 Å². The first-order valence-electron chi connectivity index (χ1n) is 7.61. The van der Waals surface area contributed by atoms with Crippen molar-refractivity contribution in [3.8, 4) is 5.75 Å². The Bertz CT molecular complexity index is 765. The molecule has 0 saturated heterocycles. The summed E-state index contributed by atoms with van der Waals surface area (Å²) in [5, 5.41) is 5.24. The summed E-state index contributed by atoms with van der Waals surface area (Å²) in [4.78, 5) is 23.9. The van der Waals surface area contributed by atoms with Gasteiger partial charge in [-0.2, -0.15) is 0 Å². The fourth-order valence-corrected chi connectivity index (χ4v) is 2.52. The van der Waals surface area contributed by atoms with Crippen molar-refractivity contribution in [3.05, 3.63) is 58.3 Å². The first-order valence-corrected chi connectivity index (χ1v) is 8.40. The highest BCUT2D eigenvalue weighted by molar-refractivity contribution is 9.10. The zero-order valence-electron chi connectivity index (χ0n) is 13.8. The Morgan fingerprint density at radius 2 is 1.88 bits per heavy atom. The van der Waals surface area contributed by atoms with Crippen LogP contribution in [-0.4, -0.2) is 24.5 Å². The van der Waals surface area contributed by atoms with E-state index in [0.717, 1.165) is 10.0 Å². The smallest absolute Gasteiger partial charge is 0.261 e. The monoisotopic (exact) mass is 408 g/mol. The zero-order valence-corrected chi connectivity index (χ0v) is 15.4. The summed E-state index contributed by atoms with van der Waals surface area (Å²) in [6.45, 7) is 3.25. The number of hydrogen-bond acceptors (Lipinski definition) is 3. The van der Waals surface area contributed by atoms with Crippen molar-refractivity contribution < 1.29 is 18.7 Å². The van der Waals surface area contributed by atoms with E-state index >= 15 is 0 Å². The number of hydrogen-bond donors (Lipinski definition) is 2. The standard InChI is InChI=1S/C18H18BrFN2O3/c1-11-9-13(19)3-8-16(11)22-17(23)10-21-18(24)12(2)25-15-6-4-14(20)5-7-15/h3-9,12H,10H2,1-2H3,(H,21,24)(H,22,23)/t12-/m0/s1. The molecule has 132 valence electrons. The largest absolute Gasteiger partial charge is 0.481 e. The molecule has 2 amide bonds. The maximum Gasteiger partial charge on any atom is 0.261 e. The minimum absolute atomic E-state index is 0.175. The van der Waals surface area contributed by atoms with Crippen molar-refractivity contribution in [1.82, 2.24) is 5.32 Å². The molecule has 0 fully saturated rings. The van der Waals surface area contributed by atoms with Gasteiger partial charge in [-0.1, -0.05) is 15.9 Å². The highest BCUT2D eigenvalue weighted by atomic mass is 79.9. The number of nitrogens with one attached hydrogen (secondary N) is 2. The highest BCUT2D eigenvalue weighted by Crippen LogP contribution is 2.19. The molecule has 0 unspecified atom stereocenters. The van der Waals surface area contributed by atoms with Gasteiger partial charge in [0, 0.05) is 10.2 Å². The Morgan fingerprint density at radius 3 is 2.52 bits per heavy atom. The number of carbonyl (C=O) groups excluding carboxylic acids is 2. The van der Waals surface area contributed by atoms with Crippen LogP contribution in [0, 0.1) is 12.7 Å². The van der Waals surface area contributed by atoms with Crippen molar-refractivity contribution in [2.75, 3.05) is 11.9 Å². The molecule has 0 saturated carbocycles. The Morgan fingerprint density at radius 1 is 1.20 bits per heavy atom. The number of anilines is 1. The fraction of sp³-hybridized carbons (Fsp3) is 0.222. The second-order valence-electron chi connectivity index (χ2n) is 5.44. The third-order valence-electron chi connectivity index (χ3n) is 3.38. The van der Waals surface area contributed by atoms with Gasteiger partial charge >= 0.3 is 0 Å². The molecule has 25 heavy (non-hydrogen) atoms. The Balaban J connectivity index is 1.82. The predicted molar refractivity (Wildman–Crippen MR) is 97.0 cm³/mol. The van der Waals surface area contributed by atoms with Gasteiger partial charge in [0.2, 0.25) is 5.91 Å². The SMILES string of the molecule is Cc1cc(Br)ccc1NC(=O)CNC(=O)[C@H](C)Oc1ccc(F)cc1. The summed E-state index contributed by atoms with van der Waals surface area (Å²) in [5.74, 6) is -0.789. The molecule has 7 heteroatoms. The molecule has 2 N–H and O–H groups in total. The van der Waals surface area contributed by atoms with Crippen molar-refractivity contribution >= 4 is 33.4 Å². The van der Waals surface area contributed by atoms with Crippen LogP contribution in [0.25, 0.3) is 0 Å². The van der Waals surface area contributed by atoms with Crippen LogP contribution in [-0.2, 0) is 9.59 Å². The zero-order chi connectivity index (χ0) is 18.4. The van der Waals surface area contributed by atoms with Crippen LogP contribution >= 0.6 is 15.9 Å². The van der Waals surface area contributed by atoms with E-state index in [1.165, 1.54) is 24.3 Å². The first kappa shape index (κ1) is 18.9. The average molecular weight is 409 g/mol. The molecule has 0 spiro atoms. The summed E-state index contributed by atoms with van der Waals surface area (Å²) in [5.41, 5.74) is 1.58. The number of aryl methyl sites for hydroxylation is 1. The average Bonchev–Trinajstić information content (AvgIpc) is 2.57. The van der Waals surface area contributed by atoms with Crippen molar-refractivity contribution in [3.63, 3.8) is 0 Å². The van der Waals surface area contributed by atoms with Gasteiger partial charge in [0.05, 0.1) is 6.54 Å². The molecular weight excluding hydrogens is 391 g/mol. The van der Waals surface area contributed by atoms with E-state index in [0.29, 0.717) is 11.4 Å². The van der Waals surface area contributed by atoms with Gasteiger partial charge in [-0.15, -0.1) is 0 Å². The van der Waals surface area contributed by atoms with Crippen molar-refractivity contribution in [2.24, 2.45) is 0 Å². The number of rotatable bonds is 6. The number of amides is 2. The van der Waals surface area contributed by atoms with Gasteiger partial charge in [0.25, 0.3) is 5.91 Å². The van der Waals surface area contributed by atoms with E-state index < -0.39 is 12.0 Å². The minimum Gasteiger partial charge on any atom is -0.481 e. The third kappa shape index (κ3) is 5.86. The molecule has 0 heterocycles. The number of benzene rings is 2. The van der Waals surface area contributed by atoms with E-state index in [1.54, 1.807) is 13.0 Å². The van der Waals surface area contributed by atoms with Crippen molar-refractivity contribution in [2.45, 2.75) is 20.0 Å². The predicted octanol–water partition coefficient (Wildman–Crippen LogP) is 3.42. The molecule has 2 aromatic rings. The van der Waals surface area contributed by atoms with Crippen LogP contribution in [0.3, 0.4) is 0 Å². The second kappa shape index (κ2) is 8.62. The van der Waals surface area contributed by atoms with Gasteiger partial charge in [-0.05, 0) is 61.9 Å². The van der Waals surface area contributed by atoms with Crippen LogP contribution in [0.2, 0.25) is 0 Å². The quantitative estimate of drug-likeness (QED) is 0.769. The summed E-state index contributed by atoms with van der Waals surface area (Å²) in [6, 6.07) is 10.8. The highest BCUT2D eigenvalue weighted by Gasteiger charge is 2.16. The van der Waals surface area contributed by atoms with E-state index in [9.17, 15) is 14.0 Å². The molecule has 5 nitrogen and oxygen atoms in total. The van der Waals surface area contributed by atoms with Gasteiger partial charge in [-0.25, -0.2) is 4.39 Å². The molecule has 0 aromatic heterocycles. The van der Waals surface area contributed by atoms with E-state index in [1.807, 2.05) is 19.1 Å². The number of carbonyl (C=O) groups is 2.